The molecule has 1 aromatic carbocycles. The molecule has 150 valence electrons. The number of benzene rings is 1. The standard InChI is InChI=1S/C22H24N4O3/c27-18-5-3-15(12-18)22(28)26-14-16-2-1-7-23-21(16)24-19-6-4-17(13-20(19)26)25-8-10-29-11-9-25/h1-2,4,6-7,13,15H,3,5,8-12,14H2,(H,23,24). The van der Waals surface area contributed by atoms with Crippen LogP contribution in [0.4, 0.5) is 22.9 Å². The minimum Gasteiger partial charge on any atom is -0.378 e. The van der Waals surface area contributed by atoms with Gasteiger partial charge < -0.3 is 19.9 Å². The largest absolute Gasteiger partial charge is 0.378 e. The molecule has 0 bridgehead atoms. The summed E-state index contributed by atoms with van der Waals surface area (Å²) in [6, 6.07) is 10.0. The number of hydrogen-bond donors (Lipinski definition) is 1. The van der Waals surface area contributed by atoms with E-state index in [1.54, 1.807) is 6.20 Å². The van der Waals surface area contributed by atoms with Crippen molar-refractivity contribution in [3.05, 3.63) is 42.1 Å². The highest BCUT2D eigenvalue weighted by atomic mass is 16.5. The lowest BCUT2D eigenvalue weighted by Crippen LogP contribution is -2.37. The van der Waals surface area contributed by atoms with E-state index >= 15 is 0 Å². The minimum atomic E-state index is -0.236. The first kappa shape index (κ1) is 18.1. The van der Waals surface area contributed by atoms with Crippen LogP contribution in [-0.2, 0) is 20.9 Å². The molecule has 1 aliphatic carbocycles. The summed E-state index contributed by atoms with van der Waals surface area (Å²) in [4.78, 5) is 33.8. The van der Waals surface area contributed by atoms with Crippen molar-refractivity contribution in [2.24, 2.45) is 5.92 Å². The molecule has 1 saturated heterocycles. The van der Waals surface area contributed by atoms with E-state index in [9.17, 15) is 9.59 Å². The summed E-state index contributed by atoms with van der Waals surface area (Å²) < 4.78 is 5.47. The molecule has 2 fully saturated rings. The molecule has 7 heteroatoms. The average Bonchev–Trinajstić information content (AvgIpc) is 3.12. The van der Waals surface area contributed by atoms with E-state index in [4.69, 9.17) is 4.74 Å². The number of nitrogens with zero attached hydrogens (tertiary/aromatic N) is 3. The number of fused-ring (bicyclic) bond motifs is 2. The number of anilines is 4. The molecule has 5 rings (SSSR count). The Balaban J connectivity index is 1.55. The highest BCUT2D eigenvalue weighted by Gasteiger charge is 2.34. The van der Waals surface area contributed by atoms with Crippen molar-refractivity contribution in [1.29, 1.82) is 0 Å². The van der Waals surface area contributed by atoms with Crippen molar-refractivity contribution in [3.8, 4) is 0 Å². The van der Waals surface area contributed by atoms with Gasteiger partial charge in [0.15, 0.2) is 0 Å². The number of ketones is 1. The Morgan fingerprint density at radius 2 is 2.07 bits per heavy atom. The van der Waals surface area contributed by atoms with Gasteiger partial charge in [0.1, 0.15) is 11.6 Å². The fourth-order valence-electron chi connectivity index (χ4n) is 4.37. The number of ether oxygens (including phenoxy) is 1. The van der Waals surface area contributed by atoms with Crippen molar-refractivity contribution in [1.82, 2.24) is 4.98 Å². The van der Waals surface area contributed by atoms with Gasteiger partial charge in [-0.3, -0.25) is 9.59 Å². The Morgan fingerprint density at radius 1 is 1.21 bits per heavy atom. The molecule has 3 heterocycles. The summed E-state index contributed by atoms with van der Waals surface area (Å²) >= 11 is 0. The number of aromatic nitrogens is 1. The Morgan fingerprint density at radius 3 is 2.86 bits per heavy atom. The number of nitrogens with one attached hydrogen (secondary N) is 1. The number of Topliss-reactive ketones (excluding diaryl/α,β-unsaturated/α-hetero) is 1. The third-order valence-corrected chi connectivity index (χ3v) is 5.98. The van der Waals surface area contributed by atoms with Gasteiger partial charge in [0.2, 0.25) is 5.91 Å². The lowest BCUT2D eigenvalue weighted by Gasteiger charge is -2.31. The van der Waals surface area contributed by atoms with Gasteiger partial charge in [0.05, 0.1) is 31.1 Å². The van der Waals surface area contributed by atoms with E-state index < -0.39 is 0 Å². The highest BCUT2D eigenvalue weighted by molar-refractivity contribution is 6.02. The maximum absolute atomic E-state index is 13.5. The van der Waals surface area contributed by atoms with Crippen molar-refractivity contribution >= 4 is 34.6 Å². The Kier molecular flexibility index (Phi) is 4.67. The van der Waals surface area contributed by atoms with Crippen molar-refractivity contribution in [2.45, 2.75) is 25.8 Å². The second-order valence-corrected chi connectivity index (χ2v) is 7.84. The molecule has 2 aliphatic heterocycles. The second-order valence-electron chi connectivity index (χ2n) is 7.84. The molecule has 1 amide bonds. The van der Waals surface area contributed by atoms with Crippen molar-refractivity contribution < 1.29 is 14.3 Å². The number of hydrogen-bond acceptors (Lipinski definition) is 6. The second kappa shape index (κ2) is 7.48. The number of carbonyl (C=O) groups is 2. The van der Waals surface area contributed by atoms with Crippen molar-refractivity contribution in [2.75, 3.05) is 41.4 Å². The predicted octanol–water partition coefficient (Wildman–Crippen LogP) is 2.88. The monoisotopic (exact) mass is 392 g/mol. The van der Waals surface area contributed by atoms with Gasteiger partial charge in [-0.25, -0.2) is 4.98 Å². The zero-order valence-corrected chi connectivity index (χ0v) is 16.3. The topological polar surface area (TPSA) is 74.8 Å². The van der Waals surface area contributed by atoms with E-state index in [-0.39, 0.29) is 17.6 Å². The minimum absolute atomic E-state index is 0.0229. The lowest BCUT2D eigenvalue weighted by molar-refractivity contribution is -0.124. The molecule has 29 heavy (non-hydrogen) atoms. The third kappa shape index (κ3) is 3.46. The summed E-state index contributed by atoms with van der Waals surface area (Å²) in [6.45, 7) is 3.52. The first-order valence-electron chi connectivity index (χ1n) is 10.2. The van der Waals surface area contributed by atoms with Gasteiger partial charge in [-0.15, -0.1) is 0 Å². The SMILES string of the molecule is O=C1CCC(C(=O)N2Cc3cccnc3Nc3ccc(N4CCOCC4)cc32)C1. The molecule has 3 aliphatic rings. The van der Waals surface area contributed by atoms with Gasteiger partial charge in [-0.1, -0.05) is 6.07 Å². The van der Waals surface area contributed by atoms with Crippen LogP contribution in [0.5, 0.6) is 0 Å². The number of morpholine rings is 1. The summed E-state index contributed by atoms with van der Waals surface area (Å²) in [6.07, 6.45) is 3.24. The Bertz CT molecular complexity index is 955. The molecule has 1 saturated carbocycles. The van der Waals surface area contributed by atoms with Crippen LogP contribution in [0.15, 0.2) is 36.5 Å². The van der Waals surface area contributed by atoms with E-state index in [1.807, 2.05) is 23.1 Å². The van der Waals surface area contributed by atoms with Gasteiger partial charge >= 0.3 is 0 Å². The average molecular weight is 392 g/mol. The van der Waals surface area contributed by atoms with E-state index in [0.29, 0.717) is 39.0 Å². The van der Waals surface area contributed by atoms with Gasteiger partial charge in [0.25, 0.3) is 0 Å². The van der Waals surface area contributed by atoms with Crippen LogP contribution in [0.25, 0.3) is 0 Å². The van der Waals surface area contributed by atoms with Crippen LogP contribution >= 0.6 is 0 Å². The molecule has 2 aromatic rings. The van der Waals surface area contributed by atoms with Gasteiger partial charge in [0, 0.05) is 49.3 Å². The van der Waals surface area contributed by atoms with E-state index in [0.717, 1.165) is 41.5 Å². The lowest BCUT2D eigenvalue weighted by atomic mass is 10.0. The number of carbonyl (C=O) groups excluding carboxylic acids is 2. The van der Waals surface area contributed by atoms with Crippen molar-refractivity contribution in [3.63, 3.8) is 0 Å². The van der Waals surface area contributed by atoms with Crippen LogP contribution in [0.3, 0.4) is 0 Å². The first-order valence-corrected chi connectivity index (χ1v) is 10.2. The molecule has 7 nitrogen and oxygen atoms in total. The zero-order chi connectivity index (χ0) is 19.8. The highest BCUT2D eigenvalue weighted by Crippen LogP contribution is 2.39. The number of amides is 1. The molecule has 0 radical (unpaired) electrons. The van der Waals surface area contributed by atoms with Crippen LogP contribution in [0, 0.1) is 5.92 Å². The molecular formula is C22H24N4O3. The third-order valence-electron chi connectivity index (χ3n) is 5.98. The smallest absolute Gasteiger partial charge is 0.230 e. The fourth-order valence-corrected chi connectivity index (χ4v) is 4.37. The fraction of sp³-hybridized carbons (Fsp3) is 0.409. The molecule has 1 N–H and O–H groups in total. The predicted molar refractivity (Wildman–Crippen MR) is 111 cm³/mol. The maximum Gasteiger partial charge on any atom is 0.230 e. The molecule has 1 atom stereocenters. The Labute approximate surface area is 169 Å². The van der Waals surface area contributed by atoms with Gasteiger partial charge in [-0.2, -0.15) is 0 Å². The molecule has 1 unspecified atom stereocenters. The Hall–Kier alpha value is -2.93. The van der Waals surface area contributed by atoms with Crippen LogP contribution in [-0.4, -0.2) is 43.0 Å². The van der Waals surface area contributed by atoms with E-state index in [2.05, 4.69) is 27.3 Å². The molecule has 0 spiro atoms. The first-order chi connectivity index (χ1) is 14.2. The zero-order valence-electron chi connectivity index (χ0n) is 16.3. The summed E-state index contributed by atoms with van der Waals surface area (Å²) in [5.41, 5.74) is 3.75. The summed E-state index contributed by atoms with van der Waals surface area (Å²) in [5, 5.41) is 3.40. The van der Waals surface area contributed by atoms with Crippen LogP contribution < -0.4 is 15.1 Å². The number of rotatable bonds is 2. The van der Waals surface area contributed by atoms with Gasteiger partial charge in [-0.05, 0) is 30.7 Å². The normalized spacial score (nSPS) is 21.2. The summed E-state index contributed by atoms with van der Waals surface area (Å²) in [5.74, 6) is 0.738. The van der Waals surface area contributed by atoms with Crippen LogP contribution in [0.2, 0.25) is 0 Å². The quantitative estimate of drug-likeness (QED) is 0.847. The maximum atomic E-state index is 13.5. The molecular weight excluding hydrogens is 368 g/mol. The molecule has 1 aromatic heterocycles. The number of pyridine rings is 1. The van der Waals surface area contributed by atoms with Crippen LogP contribution in [0.1, 0.15) is 24.8 Å². The van der Waals surface area contributed by atoms with E-state index in [1.165, 1.54) is 0 Å². The summed E-state index contributed by atoms with van der Waals surface area (Å²) in [7, 11) is 0.